The van der Waals surface area contributed by atoms with Gasteiger partial charge in [-0.1, -0.05) is 40.0 Å². The molecule has 3 amide bonds. The topological polar surface area (TPSA) is 125 Å². The van der Waals surface area contributed by atoms with E-state index < -0.39 is 47.5 Å². The van der Waals surface area contributed by atoms with Gasteiger partial charge in [0.2, 0.25) is 0 Å². The van der Waals surface area contributed by atoms with Crippen LogP contribution in [-0.4, -0.2) is 73.7 Å². The molecule has 1 aromatic heterocycles. The van der Waals surface area contributed by atoms with Crippen LogP contribution in [0.15, 0.2) is 24.3 Å². The molecule has 1 aliphatic heterocycles. The zero-order valence-electron chi connectivity index (χ0n) is 23.8. The molecule has 1 saturated heterocycles. The van der Waals surface area contributed by atoms with Crippen LogP contribution in [0.25, 0.3) is 0 Å². The molecule has 12 heteroatoms. The lowest BCUT2D eigenvalue weighted by molar-refractivity contribution is -0.138. The van der Waals surface area contributed by atoms with Crippen molar-refractivity contribution in [2.45, 2.75) is 76.9 Å². The highest BCUT2D eigenvalue weighted by molar-refractivity contribution is 6.01. The summed E-state index contributed by atoms with van der Waals surface area (Å²) in [7, 11) is 1.61. The Morgan fingerprint density at radius 1 is 0.976 bits per heavy atom. The minimum atomic E-state index is -1.46. The number of nitrogens with zero attached hydrogens (tertiary/aromatic N) is 4. The molecule has 0 spiro atoms. The predicted molar refractivity (Wildman–Crippen MR) is 145 cm³/mol. The van der Waals surface area contributed by atoms with Crippen molar-refractivity contribution >= 4 is 23.7 Å². The number of aliphatic carboxylic acids is 1. The summed E-state index contributed by atoms with van der Waals surface area (Å²) in [6.07, 6.45) is 2.59. The van der Waals surface area contributed by atoms with Crippen LogP contribution in [0.4, 0.5) is 8.78 Å². The highest BCUT2D eigenvalue weighted by Gasteiger charge is 2.45. The molecule has 2 atom stereocenters. The summed E-state index contributed by atoms with van der Waals surface area (Å²) >= 11 is 0. The van der Waals surface area contributed by atoms with E-state index in [0.29, 0.717) is 11.8 Å². The first kappa shape index (κ1) is 30.1. The predicted octanol–water partition coefficient (Wildman–Crippen LogP) is 3.46. The van der Waals surface area contributed by atoms with Crippen LogP contribution < -0.4 is 5.32 Å². The lowest BCUT2D eigenvalue weighted by Crippen LogP contribution is -2.57. The number of carbonyl (C=O) groups excluding carboxylic acids is 3. The van der Waals surface area contributed by atoms with Gasteiger partial charge < -0.3 is 20.2 Å². The molecule has 1 saturated carbocycles. The second-order valence-corrected chi connectivity index (χ2v) is 11.9. The Morgan fingerprint density at radius 2 is 1.56 bits per heavy atom. The van der Waals surface area contributed by atoms with Crippen LogP contribution in [0.2, 0.25) is 0 Å². The van der Waals surface area contributed by atoms with Gasteiger partial charge in [0.1, 0.15) is 17.3 Å². The van der Waals surface area contributed by atoms with Gasteiger partial charge in [-0.3, -0.25) is 23.9 Å². The van der Waals surface area contributed by atoms with Crippen LogP contribution in [-0.2, 0) is 22.1 Å². The number of halogens is 2. The Hall–Kier alpha value is -3.83. The Bertz CT molecular complexity index is 1310. The number of rotatable bonds is 7. The van der Waals surface area contributed by atoms with Gasteiger partial charge in [-0.2, -0.15) is 5.10 Å². The Kier molecular flexibility index (Phi) is 8.79. The monoisotopic (exact) mass is 573 g/mol. The second kappa shape index (κ2) is 12.0. The van der Waals surface area contributed by atoms with Gasteiger partial charge in [-0.05, 0) is 37.0 Å². The smallest absolute Gasteiger partial charge is 0.305 e. The maximum Gasteiger partial charge on any atom is 0.305 e. The first-order chi connectivity index (χ1) is 19.3. The summed E-state index contributed by atoms with van der Waals surface area (Å²) in [6, 6.07) is 3.31. The van der Waals surface area contributed by atoms with Crippen LogP contribution >= 0.6 is 0 Å². The summed E-state index contributed by atoms with van der Waals surface area (Å²) in [4.78, 5) is 55.2. The van der Waals surface area contributed by atoms with Crippen molar-refractivity contribution in [2.75, 3.05) is 13.1 Å². The highest BCUT2D eigenvalue weighted by Crippen LogP contribution is 2.29. The number of aromatic nitrogens is 2. The molecule has 41 heavy (non-hydrogen) atoms. The third-order valence-electron chi connectivity index (χ3n) is 7.85. The molecule has 2 aliphatic rings. The van der Waals surface area contributed by atoms with Crippen LogP contribution in [0.1, 0.15) is 85.8 Å². The SMILES string of the molecule is Cn1nc(C(C)(C)C)cc1C(=O)N1CCN(C(=O)c2cc(F)cc(F)c2)C1C(=O)NC(CC(=O)O)C1CCCCC1. The number of carboxylic acids is 1. The molecule has 1 aromatic carbocycles. The average Bonchev–Trinajstić information content (AvgIpc) is 3.51. The largest absolute Gasteiger partial charge is 0.481 e. The van der Waals surface area contributed by atoms with Crippen molar-refractivity contribution in [3.05, 3.63) is 52.9 Å². The number of carbonyl (C=O) groups is 4. The maximum atomic E-state index is 14.0. The van der Waals surface area contributed by atoms with E-state index in [9.17, 15) is 33.1 Å². The van der Waals surface area contributed by atoms with Crippen molar-refractivity contribution in [1.82, 2.24) is 24.9 Å². The zero-order chi connectivity index (χ0) is 30.1. The van der Waals surface area contributed by atoms with E-state index in [2.05, 4.69) is 10.4 Å². The Balaban J connectivity index is 1.69. The molecule has 2 fully saturated rings. The number of nitrogens with one attached hydrogen (secondary N) is 1. The molecule has 2 N–H and O–H groups in total. The zero-order valence-corrected chi connectivity index (χ0v) is 23.8. The molecule has 2 aromatic rings. The summed E-state index contributed by atoms with van der Waals surface area (Å²) in [5, 5.41) is 16.8. The third kappa shape index (κ3) is 6.74. The minimum absolute atomic E-state index is 0.0243. The summed E-state index contributed by atoms with van der Waals surface area (Å²) in [5.74, 6) is -5.16. The molecule has 222 valence electrons. The Morgan fingerprint density at radius 3 is 2.10 bits per heavy atom. The summed E-state index contributed by atoms with van der Waals surface area (Å²) in [6.45, 7) is 5.74. The molecule has 0 radical (unpaired) electrons. The third-order valence-corrected chi connectivity index (χ3v) is 7.85. The summed E-state index contributed by atoms with van der Waals surface area (Å²) < 4.78 is 29.4. The van der Waals surface area contributed by atoms with Crippen LogP contribution in [0.5, 0.6) is 0 Å². The summed E-state index contributed by atoms with van der Waals surface area (Å²) in [5.41, 5.74) is 0.198. The highest BCUT2D eigenvalue weighted by atomic mass is 19.1. The lowest BCUT2D eigenvalue weighted by atomic mass is 9.82. The van der Waals surface area contributed by atoms with Crippen molar-refractivity contribution in [3.8, 4) is 0 Å². The van der Waals surface area contributed by atoms with E-state index in [1.807, 2.05) is 20.8 Å². The van der Waals surface area contributed by atoms with Gasteiger partial charge in [0.05, 0.1) is 12.1 Å². The van der Waals surface area contributed by atoms with Crippen LogP contribution in [0, 0.1) is 17.6 Å². The minimum Gasteiger partial charge on any atom is -0.481 e. The van der Waals surface area contributed by atoms with E-state index in [1.165, 1.54) is 9.58 Å². The maximum absolute atomic E-state index is 14.0. The molecule has 1 aliphatic carbocycles. The molecule has 0 bridgehead atoms. The number of amides is 3. The van der Waals surface area contributed by atoms with Gasteiger partial charge in [0.25, 0.3) is 17.7 Å². The van der Waals surface area contributed by atoms with E-state index in [-0.39, 0.29) is 42.1 Å². The van der Waals surface area contributed by atoms with E-state index in [1.54, 1.807) is 13.1 Å². The normalized spacial score (nSPS) is 18.8. The van der Waals surface area contributed by atoms with E-state index in [4.69, 9.17) is 0 Å². The van der Waals surface area contributed by atoms with E-state index >= 15 is 0 Å². The van der Waals surface area contributed by atoms with Gasteiger partial charge >= 0.3 is 5.97 Å². The molecule has 2 unspecified atom stereocenters. The lowest BCUT2D eigenvalue weighted by Gasteiger charge is -2.34. The van der Waals surface area contributed by atoms with Gasteiger partial charge in [0, 0.05) is 43.2 Å². The standard InChI is InChI=1S/C29H37F2N5O5/c1-29(2,3)23-16-22(34(4)33-23)28(41)36-11-10-35(27(40)18-12-19(30)14-20(31)13-18)26(36)25(39)32-21(15-24(37)38)17-8-6-5-7-9-17/h12-14,16-17,21,26H,5-11,15H2,1-4H3,(H,32,39)(H,37,38). The van der Waals surface area contributed by atoms with Crippen molar-refractivity contribution < 1.29 is 33.1 Å². The average molecular weight is 574 g/mol. The van der Waals surface area contributed by atoms with E-state index in [0.717, 1.165) is 49.1 Å². The number of hydrogen-bond donors (Lipinski definition) is 2. The number of benzene rings is 1. The van der Waals surface area contributed by atoms with Crippen LogP contribution in [0.3, 0.4) is 0 Å². The fourth-order valence-electron chi connectivity index (χ4n) is 5.68. The fourth-order valence-corrected chi connectivity index (χ4v) is 5.68. The van der Waals surface area contributed by atoms with Crippen molar-refractivity contribution in [3.63, 3.8) is 0 Å². The van der Waals surface area contributed by atoms with Gasteiger partial charge in [-0.15, -0.1) is 0 Å². The molecular formula is C29H37F2N5O5. The first-order valence-corrected chi connectivity index (χ1v) is 13.9. The number of hydrogen-bond acceptors (Lipinski definition) is 5. The molecular weight excluding hydrogens is 536 g/mol. The second-order valence-electron chi connectivity index (χ2n) is 11.9. The quantitative estimate of drug-likeness (QED) is 0.523. The molecule has 10 nitrogen and oxygen atoms in total. The Labute approximate surface area is 237 Å². The number of aryl methyl sites for hydroxylation is 1. The fraction of sp³-hybridized carbons (Fsp3) is 0.552. The van der Waals surface area contributed by atoms with Gasteiger partial charge in [-0.25, -0.2) is 8.78 Å². The van der Waals surface area contributed by atoms with Crippen molar-refractivity contribution in [1.29, 1.82) is 0 Å². The molecule has 4 rings (SSSR count). The van der Waals surface area contributed by atoms with Gasteiger partial charge in [0.15, 0.2) is 6.17 Å². The molecule has 2 heterocycles. The number of carboxylic acid groups (broad SMARTS) is 1. The van der Waals surface area contributed by atoms with Crippen molar-refractivity contribution in [2.24, 2.45) is 13.0 Å². The first-order valence-electron chi connectivity index (χ1n) is 13.9.